The van der Waals surface area contributed by atoms with Crippen LogP contribution in [0.4, 0.5) is 4.79 Å². The molecular weight excluding hydrogens is 270 g/mol. The molecule has 0 saturated carbocycles. The monoisotopic (exact) mass is 285 g/mol. The summed E-state index contributed by atoms with van der Waals surface area (Å²) in [5.41, 5.74) is 2.67. The van der Waals surface area contributed by atoms with Crippen molar-refractivity contribution in [3.8, 4) is 0 Å². The Morgan fingerprint density at radius 1 is 1.53 bits per heavy atom. The van der Waals surface area contributed by atoms with Gasteiger partial charge in [0.25, 0.3) is 0 Å². The van der Waals surface area contributed by atoms with Crippen molar-refractivity contribution >= 4 is 23.3 Å². The van der Waals surface area contributed by atoms with E-state index in [1.807, 2.05) is 5.38 Å². The minimum Gasteiger partial charge on any atom is -0.481 e. The number of rotatable bonds is 5. The summed E-state index contributed by atoms with van der Waals surface area (Å²) < 4.78 is 5.06. The van der Waals surface area contributed by atoms with E-state index in [0.29, 0.717) is 13.0 Å². The van der Waals surface area contributed by atoms with Crippen LogP contribution in [0, 0.1) is 5.92 Å². The summed E-state index contributed by atoms with van der Waals surface area (Å²) >= 11 is 1.51. The Bertz CT molecular complexity index is 437. The largest absolute Gasteiger partial charge is 0.481 e. The Hall–Kier alpha value is -1.67. The molecular formula is C11H15N3O4S. The molecule has 0 spiro atoms. The van der Waals surface area contributed by atoms with E-state index in [1.54, 1.807) is 5.51 Å². The highest BCUT2D eigenvalue weighted by Gasteiger charge is 2.34. The fourth-order valence-electron chi connectivity index (χ4n) is 1.82. The van der Waals surface area contributed by atoms with Crippen LogP contribution in [-0.4, -0.2) is 47.9 Å². The maximum Gasteiger partial charge on any atom is 0.315 e. The van der Waals surface area contributed by atoms with E-state index in [-0.39, 0.29) is 19.2 Å². The van der Waals surface area contributed by atoms with Gasteiger partial charge in [-0.15, -0.1) is 11.3 Å². The first-order valence-electron chi connectivity index (χ1n) is 5.89. The third-order valence-corrected chi connectivity index (χ3v) is 3.50. The molecule has 1 aliphatic rings. The van der Waals surface area contributed by atoms with Crippen LogP contribution in [0.5, 0.6) is 0 Å². The Labute approximate surface area is 114 Å². The molecule has 1 aromatic heterocycles. The molecule has 1 aliphatic heterocycles. The van der Waals surface area contributed by atoms with Gasteiger partial charge < -0.3 is 20.5 Å². The molecule has 1 saturated heterocycles. The number of amides is 2. The molecule has 7 nitrogen and oxygen atoms in total. The topological polar surface area (TPSA) is 101 Å². The van der Waals surface area contributed by atoms with Gasteiger partial charge in [0.1, 0.15) is 5.92 Å². The van der Waals surface area contributed by atoms with Crippen LogP contribution in [0.15, 0.2) is 10.9 Å². The van der Waals surface area contributed by atoms with Crippen molar-refractivity contribution in [3.05, 3.63) is 16.6 Å². The number of urea groups is 1. The Balaban J connectivity index is 1.70. The third kappa shape index (κ3) is 3.90. The van der Waals surface area contributed by atoms with Crippen molar-refractivity contribution in [1.29, 1.82) is 0 Å². The summed E-state index contributed by atoms with van der Waals surface area (Å²) in [4.78, 5) is 26.6. The van der Waals surface area contributed by atoms with E-state index >= 15 is 0 Å². The van der Waals surface area contributed by atoms with Crippen LogP contribution in [-0.2, 0) is 16.0 Å². The number of carbonyl (C=O) groups is 2. The van der Waals surface area contributed by atoms with Gasteiger partial charge in [0.2, 0.25) is 0 Å². The number of thiazole rings is 1. The molecule has 2 amide bonds. The highest BCUT2D eigenvalue weighted by molar-refractivity contribution is 7.07. The van der Waals surface area contributed by atoms with Crippen LogP contribution in [0.1, 0.15) is 5.69 Å². The Kier molecular flexibility index (Phi) is 4.69. The third-order valence-electron chi connectivity index (χ3n) is 2.86. The van der Waals surface area contributed by atoms with Gasteiger partial charge in [0.05, 0.1) is 30.5 Å². The highest BCUT2D eigenvalue weighted by Crippen LogP contribution is 2.13. The fraction of sp³-hybridized carbons (Fsp3) is 0.545. The van der Waals surface area contributed by atoms with Gasteiger partial charge in [-0.2, -0.15) is 0 Å². The predicted molar refractivity (Wildman–Crippen MR) is 68.1 cm³/mol. The van der Waals surface area contributed by atoms with Gasteiger partial charge in [0, 0.05) is 18.3 Å². The second kappa shape index (κ2) is 6.48. The first-order valence-corrected chi connectivity index (χ1v) is 6.83. The van der Waals surface area contributed by atoms with E-state index < -0.39 is 17.9 Å². The second-order valence-corrected chi connectivity index (χ2v) is 4.94. The number of carboxylic acids is 1. The average Bonchev–Trinajstić information content (AvgIpc) is 2.99. The molecule has 0 radical (unpaired) electrons. The molecule has 2 atom stereocenters. The predicted octanol–water partition coefficient (Wildman–Crippen LogP) is 0.0844. The molecule has 0 aromatic carbocycles. The molecule has 0 aliphatic carbocycles. The zero-order chi connectivity index (χ0) is 13.7. The van der Waals surface area contributed by atoms with Crippen molar-refractivity contribution in [1.82, 2.24) is 15.6 Å². The van der Waals surface area contributed by atoms with Crippen molar-refractivity contribution < 1.29 is 19.4 Å². The quantitative estimate of drug-likeness (QED) is 0.711. The van der Waals surface area contributed by atoms with Gasteiger partial charge in [0.15, 0.2) is 0 Å². The molecule has 104 valence electrons. The average molecular weight is 285 g/mol. The molecule has 1 fully saturated rings. The molecule has 1 aromatic rings. The first-order chi connectivity index (χ1) is 9.16. The smallest absolute Gasteiger partial charge is 0.315 e. The molecule has 19 heavy (non-hydrogen) atoms. The molecule has 0 bridgehead atoms. The lowest BCUT2D eigenvalue weighted by Crippen LogP contribution is -2.47. The summed E-state index contributed by atoms with van der Waals surface area (Å²) in [6.07, 6.45) is 0.653. The lowest BCUT2D eigenvalue weighted by atomic mass is 10.0. The van der Waals surface area contributed by atoms with Gasteiger partial charge in [-0.05, 0) is 0 Å². The number of nitrogens with zero attached hydrogens (tertiary/aromatic N) is 1. The second-order valence-electron chi connectivity index (χ2n) is 4.22. The lowest BCUT2D eigenvalue weighted by molar-refractivity contribution is -0.142. The Morgan fingerprint density at radius 3 is 3.05 bits per heavy atom. The fourth-order valence-corrected chi connectivity index (χ4v) is 2.42. The standard InChI is InChI=1S/C11H15N3O4S/c15-10(16)8-3-18-4-9(8)14-11(17)12-2-1-7-5-19-6-13-7/h5-6,8-9H,1-4H2,(H,15,16)(H2,12,14,17). The van der Waals surface area contributed by atoms with Gasteiger partial charge in [-0.25, -0.2) is 9.78 Å². The lowest BCUT2D eigenvalue weighted by Gasteiger charge is -2.16. The molecule has 2 rings (SSSR count). The normalized spacial score (nSPS) is 22.1. The number of ether oxygens (including phenoxy) is 1. The number of aromatic nitrogens is 1. The number of hydrogen-bond donors (Lipinski definition) is 3. The first kappa shape index (κ1) is 13.8. The minimum atomic E-state index is -0.953. The summed E-state index contributed by atoms with van der Waals surface area (Å²) in [6.45, 7) is 0.830. The Morgan fingerprint density at radius 2 is 2.37 bits per heavy atom. The molecule has 2 unspecified atom stereocenters. The van der Waals surface area contributed by atoms with Crippen LogP contribution >= 0.6 is 11.3 Å². The van der Waals surface area contributed by atoms with Crippen LogP contribution in [0.2, 0.25) is 0 Å². The molecule has 8 heteroatoms. The number of aliphatic carboxylic acids is 1. The van der Waals surface area contributed by atoms with Crippen LogP contribution < -0.4 is 10.6 Å². The maximum absolute atomic E-state index is 11.6. The van der Waals surface area contributed by atoms with Crippen LogP contribution in [0.25, 0.3) is 0 Å². The van der Waals surface area contributed by atoms with E-state index in [9.17, 15) is 9.59 Å². The maximum atomic E-state index is 11.6. The van der Waals surface area contributed by atoms with Crippen molar-refractivity contribution in [2.75, 3.05) is 19.8 Å². The number of carboxylic acid groups (broad SMARTS) is 1. The summed E-state index contributed by atoms with van der Waals surface area (Å²) in [7, 11) is 0. The molecule has 3 N–H and O–H groups in total. The molecule has 2 heterocycles. The van der Waals surface area contributed by atoms with E-state index in [4.69, 9.17) is 9.84 Å². The number of carbonyl (C=O) groups excluding carboxylic acids is 1. The van der Waals surface area contributed by atoms with Crippen LogP contribution in [0.3, 0.4) is 0 Å². The van der Waals surface area contributed by atoms with E-state index in [2.05, 4.69) is 15.6 Å². The number of nitrogens with one attached hydrogen (secondary N) is 2. The van der Waals surface area contributed by atoms with E-state index in [0.717, 1.165) is 5.69 Å². The van der Waals surface area contributed by atoms with Crippen molar-refractivity contribution in [2.45, 2.75) is 12.5 Å². The van der Waals surface area contributed by atoms with Gasteiger partial charge in [-0.1, -0.05) is 0 Å². The summed E-state index contributed by atoms with van der Waals surface area (Å²) in [6, 6.07) is -0.853. The zero-order valence-electron chi connectivity index (χ0n) is 10.2. The summed E-state index contributed by atoms with van der Waals surface area (Å²) in [5, 5.41) is 16.2. The van der Waals surface area contributed by atoms with Crippen molar-refractivity contribution in [2.24, 2.45) is 5.92 Å². The minimum absolute atomic E-state index is 0.138. The zero-order valence-corrected chi connectivity index (χ0v) is 11.0. The SMILES string of the molecule is O=C(NCCc1cscn1)NC1COCC1C(=O)O. The van der Waals surface area contributed by atoms with Crippen molar-refractivity contribution in [3.63, 3.8) is 0 Å². The number of hydrogen-bond acceptors (Lipinski definition) is 5. The van der Waals surface area contributed by atoms with Gasteiger partial charge >= 0.3 is 12.0 Å². The highest BCUT2D eigenvalue weighted by atomic mass is 32.1. The summed E-state index contributed by atoms with van der Waals surface area (Å²) in [5.74, 6) is -1.63. The van der Waals surface area contributed by atoms with E-state index in [1.165, 1.54) is 11.3 Å². The van der Waals surface area contributed by atoms with Gasteiger partial charge in [-0.3, -0.25) is 4.79 Å².